The molecule has 1 nitrogen and oxygen atoms in total. The normalized spacial score (nSPS) is 27.8. The van der Waals surface area contributed by atoms with Crippen molar-refractivity contribution in [1.82, 2.24) is 5.32 Å². The van der Waals surface area contributed by atoms with E-state index in [9.17, 15) is 0 Å². The Bertz CT molecular complexity index is 108. The Hall–Kier alpha value is 0.310. The molecule has 1 rings (SSSR count). The molecule has 0 radical (unpaired) electrons. The average molecular weight is 173 g/mol. The molecule has 0 aliphatic carbocycles. The molecule has 1 N–H and O–H groups in total. The average Bonchev–Trinajstić information content (AvgIpc) is 2.39. The Morgan fingerprint density at radius 1 is 1.36 bits per heavy atom. The topological polar surface area (TPSA) is 12.0 Å². The van der Waals surface area contributed by atoms with Crippen LogP contribution in [0, 0.1) is 5.92 Å². The SMILES string of the molecule is CC(C)[C@H](C)N[C@H]1CCSC1. The first kappa shape index (κ1) is 9.40. The van der Waals surface area contributed by atoms with E-state index in [4.69, 9.17) is 0 Å². The highest BCUT2D eigenvalue weighted by atomic mass is 32.2. The molecular formula is C9H19NS. The van der Waals surface area contributed by atoms with Gasteiger partial charge in [0.15, 0.2) is 0 Å². The van der Waals surface area contributed by atoms with Crippen LogP contribution in [0.4, 0.5) is 0 Å². The van der Waals surface area contributed by atoms with Gasteiger partial charge in [-0.2, -0.15) is 11.8 Å². The zero-order valence-corrected chi connectivity index (χ0v) is 8.58. The van der Waals surface area contributed by atoms with Crippen LogP contribution in [-0.2, 0) is 0 Å². The Labute approximate surface area is 74.3 Å². The van der Waals surface area contributed by atoms with Crippen LogP contribution in [0.3, 0.4) is 0 Å². The summed E-state index contributed by atoms with van der Waals surface area (Å²) in [6.45, 7) is 6.84. The van der Waals surface area contributed by atoms with Crippen molar-refractivity contribution in [2.75, 3.05) is 11.5 Å². The van der Waals surface area contributed by atoms with E-state index in [0.717, 1.165) is 12.0 Å². The third-order valence-corrected chi connectivity index (χ3v) is 3.59. The fourth-order valence-electron chi connectivity index (χ4n) is 1.23. The van der Waals surface area contributed by atoms with Crippen molar-refractivity contribution in [3.8, 4) is 0 Å². The van der Waals surface area contributed by atoms with Crippen molar-refractivity contribution in [1.29, 1.82) is 0 Å². The first-order valence-corrected chi connectivity index (χ1v) is 5.69. The van der Waals surface area contributed by atoms with Gasteiger partial charge in [0.05, 0.1) is 0 Å². The van der Waals surface area contributed by atoms with E-state index in [2.05, 4.69) is 37.8 Å². The summed E-state index contributed by atoms with van der Waals surface area (Å²) in [5.74, 6) is 3.43. The minimum absolute atomic E-state index is 0.679. The van der Waals surface area contributed by atoms with E-state index >= 15 is 0 Å². The first-order chi connectivity index (χ1) is 5.20. The van der Waals surface area contributed by atoms with E-state index in [1.807, 2.05) is 0 Å². The quantitative estimate of drug-likeness (QED) is 0.701. The van der Waals surface area contributed by atoms with E-state index in [1.165, 1.54) is 17.9 Å². The number of rotatable bonds is 3. The Morgan fingerprint density at radius 3 is 2.55 bits per heavy atom. The van der Waals surface area contributed by atoms with Crippen LogP contribution in [0.2, 0.25) is 0 Å². The largest absolute Gasteiger partial charge is 0.310 e. The number of thioether (sulfide) groups is 1. The number of hydrogen-bond acceptors (Lipinski definition) is 2. The van der Waals surface area contributed by atoms with Crippen LogP contribution in [0.15, 0.2) is 0 Å². The molecule has 1 aliphatic heterocycles. The molecule has 2 heteroatoms. The molecule has 0 aromatic rings. The van der Waals surface area contributed by atoms with Gasteiger partial charge in [-0.25, -0.2) is 0 Å². The summed E-state index contributed by atoms with van der Waals surface area (Å²) >= 11 is 2.07. The fraction of sp³-hybridized carbons (Fsp3) is 1.00. The van der Waals surface area contributed by atoms with Crippen molar-refractivity contribution in [2.24, 2.45) is 5.92 Å². The summed E-state index contributed by atoms with van der Waals surface area (Å²) in [7, 11) is 0. The van der Waals surface area contributed by atoms with Gasteiger partial charge < -0.3 is 5.32 Å². The molecule has 11 heavy (non-hydrogen) atoms. The van der Waals surface area contributed by atoms with Crippen LogP contribution < -0.4 is 5.32 Å². The summed E-state index contributed by atoms with van der Waals surface area (Å²) in [5, 5.41) is 3.66. The summed E-state index contributed by atoms with van der Waals surface area (Å²) in [6.07, 6.45) is 1.36. The highest BCUT2D eigenvalue weighted by Crippen LogP contribution is 2.18. The molecule has 2 atom stereocenters. The molecule has 0 bridgehead atoms. The molecule has 0 unspecified atom stereocenters. The Balaban J connectivity index is 2.18. The van der Waals surface area contributed by atoms with Crippen molar-refractivity contribution in [2.45, 2.75) is 39.3 Å². The van der Waals surface area contributed by atoms with Crippen molar-refractivity contribution < 1.29 is 0 Å². The second-order valence-corrected chi connectivity index (χ2v) is 4.91. The van der Waals surface area contributed by atoms with E-state index in [0.29, 0.717) is 6.04 Å². The highest BCUT2D eigenvalue weighted by molar-refractivity contribution is 7.99. The summed E-state index contributed by atoms with van der Waals surface area (Å²) in [6, 6.07) is 1.47. The van der Waals surface area contributed by atoms with Gasteiger partial charge in [-0.15, -0.1) is 0 Å². The van der Waals surface area contributed by atoms with E-state index < -0.39 is 0 Å². The lowest BCUT2D eigenvalue weighted by Crippen LogP contribution is -2.39. The predicted octanol–water partition coefficient (Wildman–Crippen LogP) is 2.13. The Kier molecular flexibility index (Phi) is 3.73. The van der Waals surface area contributed by atoms with Gasteiger partial charge in [-0.05, 0) is 25.0 Å². The zero-order chi connectivity index (χ0) is 8.27. The maximum atomic E-state index is 3.66. The van der Waals surface area contributed by atoms with Crippen molar-refractivity contribution >= 4 is 11.8 Å². The molecule has 0 aromatic heterocycles. The molecule has 0 amide bonds. The summed E-state index contributed by atoms with van der Waals surface area (Å²) in [4.78, 5) is 0. The third kappa shape index (κ3) is 3.04. The van der Waals surface area contributed by atoms with Crippen molar-refractivity contribution in [3.05, 3.63) is 0 Å². The lowest BCUT2D eigenvalue weighted by molar-refractivity contribution is 0.387. The van der Waals surface area contributed by atoms with E-state index in [-0.39, 0.29) is 0 Å². The third-order valence-electron chi connectivity index (χ3n) is 2.43. The number of hydrogen-bond donors (Lipinski definition) is 1. The van der Waals surface area contributed by atoms with Crippen LogP contribution in [0.25, 0.3) is 0 Å². The second kappa shape index (κ2) is 4.36. The van der Waals surface area contributed by atoms with E-state index in [1.54, 1.807) is 0 Å². The lowest BCUT2D eigenvalue weighted by Gasteiger charge is -2.21. The lowest BCUT2D eigenvalue weighted by atomic mass is 10.1. The van der Waals surface area contributed by atoms with Crippen molar-refractivity contribution in [3.63, 3.8) is 0 Å². The van der Waals surface area contributed by atoms with Gasteiger partial charge >= 0.3 is 0 Å². The molecule has 1 aliphatic rings. The maximum Gasteiger partial charge on any atom is 0.0168 e. The standard InChI is InChI=1S/C9H19NS/c1-7(2)8(3)10-9-4-5-11-6-9/h7-10H,4-6H2,1-3H3/t8-,9-/m0/s1. The van der Waals surface area contributed by atoms with Gasteiger partial charge in [0.1, 0.15) is 0 Å². The second-order valence-electron chi connectivity index (χ2n) is 3.76. The zero-order valence-electron chi connectivity index (χ0n) is 7.76. The van der Waals surface area contributed by atoms with Gasteiger partial charge in [0, 0.05) is 17.8 Å². The molecular weight excluding hydrogens is 154 g/mol. The van der Waals surface area contributed by atoms with Gasteiger partial charge in [-0.1, -0.05) is 13.8 Å². The molecule has 66 valence electrons. The Morgan fingerprint density at radius 2 is 2.09 bits per heavy atom. The highest BCUT2D eigenvalue weighted by Gasteiger charge is 2.18. The molecule has 0 spiro atoms. The van der Waals surface area contributed by atoms with Crippen LogP contribution in [0.5, 0.6) is 0 Å². The van der Waals surface area contributed by atoms with Crippen LogP contribution in [-0.4, -0.2) is 23.6 Å². The first-order valence-electron chi connectivity index (χ1n) is 4.54. The summed E-state index contributed by atoms with van der Waals surface area (Å²) < 4.78 is 0. The van der Waals surface area contributed by atoms with Crippen LogP contribution >= 0.6 is 11.8 Å². The molecule has 1 fully saturated rings. The molecule has 0 saturated carbocycles. The minimum atomic E-state index is 0.679. The predicted molar refractivity (Wildman–Crippen MR) is 53.2 cm³/mol. The monoisotopic (exact) mass is 173 g/mol. The maximum absolute atomic E-state index is 3.66. The molecule has 1 heterocycles. The molecule has 0 aromatic carbocycles. The fourth-order valence-corrected chi connectivity index (χ4v) is 2.40. The number of nitrogens with one attached hydrogen (secondary N) is 1. The van der Waals surface area contributed by atoms with Crippen LogP contribution in [0.1, 0.15) is 27.2 Å². The van der Waals surface area contributed by atoms with Gasteiger partial charge in [-0.3, -0.25) is 0 Å². The smallest absolute Gasteiger partial charge is 0.0168 e. The minimum Gasteiger partial charge on any atom is -0.310 e. The summed E-state index contributed by atoms with van der Waals surface area (Å²) in [5.41, 5.74) is 0. The van der Waals surface area contributed by atoms with Gasteiger partial charge in [0.2, 0.25) is 0 Å². The molecule has 1 saturated heterocycles. The van der Waals surface area contributed by atoms with Gasteiger partial charge in [0.25, 0.3) is 0 Å².